The summed E-state index contributed by atoms with van der Waals surface area (Å²) in [5, 5.41) is 5.66. The number of aromatic nitrogens is 1. The van der Waals surface area contributed by atoms with E-state index in [2.05, 4.69) is 27.4 Å². The van der Waals surface area contributed by atoms with Crippen LogP contribution in [0.5, 0.6) is 0 Å². The fraction of sp³-hybridized carbons (Fsp3) is 0.667. The van der Waals surface area contributed by atoms with E-state index >= 15 is 0 Å². The van der Waals surface area contributed by atoms with Gasteiger partial charge in [-0.15, -0.1) is 11.3 Å². The topological polar surface area (TPSA) is 24.9 Å². The predicted octanol–water partition coefficient (Wildman–Crippen LogP) is 2.13. The lowest BCUT2D eigenvalue weighted by Gasteiger charge is -2.21. The Bertz CT molecular complexity index is 230. The quantitative estimate of drug-likeness (QED) is 0.834. The van der Waals surface area contributed by atoms with Crippen molar-refractivity contribution in [2.75, 3.05) is 11.5 Å². The molecule has 72 valence electrons. The van der Waals surface area contributed by atoms with Crippen molar-refractivity contribution in [3.63, 3.8) is 0 Å². The van der Waals surface area contributed by atoms with Crippen molar-refractivity contribution in [3.05, 3.63) is 16.6 Å². The van der Waals surface area contributed by atoms with Gasteiger partial charge in [0, 0.05) is 23.7 Å². The van der Waals surface area contributed by atoms with Crippen LogP contribution in [0.1, 0.15) is 18.5 Å². The van der Waals surface area contributed by atoms with Gasteiger partial charge in [-0.2, -0.15) is 11.8 Å². The van der Waals surface area contributed by atoms with Gasteiger partial charge in [-0.1, -0.05) is 0 Å². The molecule has 1 aromatic heterocycles. The molecule has 0 aliphatic carbocycles. The third-order valence-corrected chi connectivity index (χ3v) is 4.07. The minimum Gasteiger partial charge on any atom is -0.308 e. The highest BCUT2D eigenvalue weighted by molar-refractivity contribution is 7.99. The summed E-state index contributed by atoms with van der Waals surface area (Å²) in [4.78, 5) is 4.25. The van der Waals surface area contributed by atoms with Crippen LogP contribution < -0.4 is 5.32 Å². The van der Waals surface area contributed by atoms with Crippen LogP contribution in [0.25, 0.3) is 0 Å². The summed E-state index contributed by atoms with van der Waals surface area (Å²) in [7, 11) is 0. The van der Waals surface area contributed by atoms with Crippen LogP contribution in [0.4, 0.5) is 0 Å². The Kier molecular flexibility index (Phi) is 3.64. The Balaban J connectivity index is 1.72. The normalized spacial score (nSPS) is 23.2. The maximum Gasteiger partial charge on any atom is 0.0795 e. The van der Waals surface area contributed by atoms with Gasteiger partial charge in [-0.25, -0.2) is 4.98 Å². The van der Waals surface area contributed by atoms with E-state index in [1.54, 1.807) is 11.3 Å². The SMILES string of the molecule is c1nc(CN[C@@H]2CCCSC2)cs1. The summed E-state index contributed by atoms with van der Waals surface area (Å²) in [5.74, 6) is 2.61. The standard InChI is InChI=1S/C9H14N2S2/c1-2-8(5-12-3-1)10-4-9-6-13-7-11-9/h6-8,10H,1-5H2/t8-/m1/s1. The molecule has 1 aliphatic heterocycles. The minimum absolute atomic E-state index is 0.709. The van der Waals surface area contributed by atoms with Crippen LogP contribution in [0.3, 0.4) is 0 Å². The molecule has 0 spiro atoms. The van der Waals surface area contributed by atoms with E-state index in [4.69, 9.17) is 0 Å². The van der Waals surface area contributed by atoms with Gasteiger partial charge in [0.25, 0.3) is 0 Å². The molecule has 0 radical (unpaired) electrons. The molecule has 4 heteroatoms. The van der Waals surface area contributed by atoms with Crippen LogP contribution in [-0.4, -0.2) is 22.5 Å². The van der Waals surface area contributed by atoms with Crippen molar-refractivity contribution in [2.24, 2.45) is 0 Å². The largest absolute Gasteiger partial charge is 0.308 e. The average Bonchev–Trinajstić information content (AvgIpc) is 2.69. The third kappa shape index (κ3) is 2.97. The molecule has 0 amide bonds. The first-order chi connectivity index (χ1) is 6.45. The molecule has 1 aromatic rings. The first kappa shape index (κ1) is 9.49. The van der Waals surface area contributed by atoms with Crippen molar-refractivity contribution >= 4 is 23.1 Å². The van der Waals surface area contributed by atoms with Crippen molar-refractivity contribution in [1.29, 1.82) is 0 Å². The number of nitrogens with one attached hydrogen (secondary N) is 1. The molecule has 13 heavy (non-hydrogen) atoms. The smallest absolute Gasteiger partial charge is 0.0795 e. The van der Waals surface area contributed by atoms with E-state index in [0.717, 1.165) is 6.54 Å². The summed E-state index contributed by atoms with van der Waals surface area (Å²) < 4.78 is 0. The summed E-state index contributed by atoms with van der Waals surface area (Å²) >= 11 is 3.73. The maximum absolute atomic E-state index is 4.25. The van der Waals surface area contributed by atoms with E-state index in [1.165, 1.54) is 30.0 Å². The number of thiazole rings is 1. The highest BCUT2D eigenvalue weighted by Crippen LogP contribution is 2.17. The molecule has 1 saturated heterocycles. The lowest BCUT2D eigenvalue weighted by Crippen LogP contribution is -2.33. The van der Waals surface area contributed by atoms with E-state index in [-0.39, 0.29) is 0 Å². The van der Waals surface area contributed by atoms with Gasteiger partial charge in [-0.3, -0.25) is 0 Å². The molecule has 1 aliphatic rings. The molecule has 1 N–H and O–H groups in total. The van der Waals surface area contributed by atoms with Crippen molar-refractivity contribution in [3.8, 4) is 0 Å². The fourth-order valence-electron chi connectivity index (χ4n) is 1.48. The van der Waals surface area contributed by atoms with Crippen molar-refractivity contribution in [1.82, 2.24) is 10.3 Å². The van der Waals surface area contributed by atoms with E-state index in [0.29, 0.717) is 6.04 Å². The molecule has 0 saturated carbocycles. The van der Waals surface area contributed by atoms with Gasteiger partial charge in [0.1, 0.15) is 0 Å². The molecule has 0 bridgehead atoms. The molecule has 0 aromatic carbocycles. The van der Waals surface area contributed by atoms with E-state index in [1.807, 2.05) is 5.51 Å². The Morgan fingerprint density at radius 2 is 2.62 bits per heavy atom. The number of hydrogen-bond acceptors (Lipinski definition) is 4. The molecule has 2 rings (SSSR count). The van der Waals surface area contributed by atoms with Gasteiger partial charge in [-0.05, 0) is 18.6 Å². The average molecular weight is 214 g/mol. The summed E-state index contributed by atoms with van der Waals surface area (Å²) in [6.45, 7) is 0.939. The Morgan fingerprint density at radius 3 is 3.31 bits per heavy atom. The maximum atomic E-state index is 4.25. The van der Waals surface area contributed by atoms with E-state index in [9.17, 15) is 0 Å². The lowest BCUT2D eigenvalue weighted by atomic mass is 10.2. The molecular weight excluding hydrogens is 200 g/mol. The first-order valence-corrected chi connectivity index (χ1v) is 6.73. The molecular formula is C9H14N2S2. The summed E-state index contributed by atoms with van der Waals surface area (Å²) in [5.41, 5.74) is 3.08. The number of hydrogen-bond donors (Lipinski definition) is 1. The first-order valence-electron chi connectivity index (χ1n) is 4.63. The zero-order valence-electron chi connectivity index (χ0n) is 7.53. The Morgan fingerprint density at radius 1 is 1.62 bits per heavy atom. The van der Waals surface area contributed by atoms with Crippen molar-refractivity contribution in [2.45, 2.75) is 25.4 Å². The minimum atomic E-state index is 0.709. The van der Waals surface area contributed by atoms with Crippen LogP contribution in [0, 0.1) is 0 Å². The lowest BCUT2D eigenvalue weighted by molar-refractivity contribution is 0.504. The predicted molar refractivity (Wildman–Crippen MR) is 59.3 cm³/mol. The molecule has 2 nitrogen and oxygen atoms in total. The molecule has 1 fully saturated rings. The molecule has 0 unspecified atom stereocenters. The number of rotatable bonds is 3. The second-order valence-electron chi connectivity index (χ2n) is 3.27. The van der Waals surface area contributed by atoms with E-state index < -0.39 is 0 Å². The number of thioether (sulfide) groups is 1. The Hall–Kier alpha value is -0.0600. The van der Waals surface area contributed by atoms with Crippen LogP contribution in [0.15, 0.2) is 10.9 Å². The monoisotopic (exact) mass is 214 g/mol. The fourth-order valence-corrected chi connectivity index (χ4v) is 3.14. The summed E-state index contributed by atoms with van der Waals surface area (Å²) in [6.07, 6.45) is 2.69. The van der Waals surface area contributed by atoms with Crippen LogP contribution in [0.2, 0.25) is 0 Å². The van der Waals surface area contributed by atoms with Crippen LogP contribution in [-0.2, 0) is 6.54 Å². The van der Waals surface area contributed by atoms with Gasteiger partial charge in [0.15, 0.2) is 0 Å². The third-order valence-electron chi connectivity index (χ3n) is 2.22. The second kappa shape index (κ2) is 4.98. The molecule has 2 heterocycles. The van der Waals surface area contributed by atoms with Gasteiger partial charge < -0.3 is 5.32 Å². The molecule has 1 atom stereocenters. The zero-order chi connectivity index (χ0) is 8.93. The second-order valence-corrected chi connectivity index (χ2v) is 5.14. The Labute approximate surface area is 87.1 Å². The summed E-state index contributed by atoms with van der Waals surface area (Å²) in [6, 6.07) is 0.709. The highest BCUT2D eigenvalue weighted by atomic mass is 32.2. The number of nitrogens with zero attached hydrogens (tertiary/aromatic N) is 1. The van der Waals surface area contributed by atoms with Crippen LogP contribution >= 0.6 is 23.1 Å². The highest BCUT2D eigenvalue weighted by Gasteiger charge is 2.12. The van der Waals surface area contributed by atoms with Crippen molar-refractivity contribution < 1.29 is 0 Å². The van der Waals surface area contributed by atoms with Gasteiger partial charge >= 0.3 is 0 Å². The van der Waals surface area contributed by atoms with Gasteiger partial charge in [0.2, 0.25) is 0 Å². The van der Waals surface area contributed by atoms with Gasteiger partial charge in [0.05, 0.1) is 11.2 Å². The zero-order valence-corrected chi connectivity index (χ0v) is 9.16.